The van der Waals surface area contributed by atoms with Crippen LogP contribution in [0.1, 0.15) is 32.4 Å². The third-order valence-electron chi connectivity index (χ3n) is 2.99. The number of hydrogen-bond acceptors (Lipinski definition) is 5. The Hall–Kier alpha value is -1.59. The molecule has 20 heavy (non-hydrogen) atoms. The molecule has 0 radical (unpaired) electrons. The Morgan fingerprint density at radius 2 is 1.70 bits per heavy atom. The first-order valence-corrected chi connectivity index (χ1v) is 5.91. The molecule has 0 saturated carbocycles. The van der Waals surface area contributed by atoms with Gasteiger partial charge in [-0.1, -0.05) is 12.1 Å². The maximum absolute atomic E-state index is 11.7. The zero-order valence-electron chi connectivity index (χ0n) is 12.0. The van der Waals surface area contributed by atoms with Crippen LogP contribution in [0.25, 0.3) is 0 Å². The molecule has 0 saturated heterocycles. The van der Waals surface area contributed by atoms with E-state index in [1.807, 2.05) is 0 Å². The van der Waals surface area contributed by atoms with Gasteiger partial charge in [0.2, 0.25) is 0 Å². The summed E-state index contributed by atoms with van der Waals surface area (Å²) < 4.78 is 9.68. The molecule has 0 aliphatic heterocycles. The molecule has 0 unspecified atom stereocenters. The van der Waals surface area contributed by atoms with E-state index in [-0.39, 0.29) is 24.3 Å². The van der Waals surface area contributed by atoms with Gasteiger partial charge in [0.1, 0.15) is 5.75 Å². The van der Waals surface area contributed by atoms with E-state index < -0.39 is 11.5 Å². The molecule has 0 amide bonds. The number of nitrogens with two attached hydrogens (primary N) is 1. The number of benzene rings is 1. The van der Waals surface area contributed by atoms with Gasteiger partial charge in [0.05, 0.1) is 12.5 Å². The van der Waals surface area contributed by atoms with Crippen LogP contribution in [0.5, 0.6) is 5.75 Å². The van der Waals surface area contributed by atoms with Gasteiger partial charge in [0.15, 0.2) is 0 Å². The van der Waals surface area contributed by atoms with Gasteiger partial charge >= 0.3 is 11.9 Å². The second kappa shape index (κ2) is 7.26. The fourth-order valence-corrected chi connectivity index (χ4v) is 1.72. The SMILES string of the molecule is COC(=O)C(C)(C)[C@@H](N)c1ccc(OC(C)=O)cc1.Cl. The summed E-state index contributed by atoms with van der Waals surface area (Å²) >= 11 is 0. The Morgan fingerprint density at radius 3 is 2.10 bits per heavy atom. The minimum absolute atomic E-state index is 0. The number of carbonyl (C=O) groups excluding carboxylic acids is 2. The molecule has 0 aliphatic rings. The fraction of sp³-hybridized carbons (Fsp3) is 0.429. The van der Waals surface area contributed by atoms with Crippen molar-refractivity contribution in [2.24, 2.45) is 11.1 Å². The van der Waals surface area contributed by atoms with Crippen LogP contribution in [0.15, 0.2) is 24.3 Å². The highest BCUT2D eigenvalue weighted by Crippen LogP contribution is 2.33. The summed E-state index contributed by atoms with van der Waals surface area (Å²) in [5.41, 5.74) is 6.03. The van der Waals surface area contributed by atoms with Crippen LogP contribution in [-0.4, -0.2) is 19.0 Å². The van der Waals surface area contributed by atoms with Crippen molar-refractivity contribution in [3.63, 3.8) is 0 Å². The minimum atomic E-state index is -0.836. The van der Waals surface area contributed by atoms with E-state index in [9.17, 15) is 9.59 Å². The molecule has 0 fully saturated rings. The molecular weight excluding hydrogens is 282 g/mol. The van der Waals surface area contributed by atoms with E-state index in [1.54, 1.807) is 38.1 Å². The Kier molecular flexibility index (Phi) is 6.68. The summed E-state index contributed by atoms with van der Waals surface area (Å²) in [6.45, 7) is 4.78. The molecule has 0 spiro atoms. The van der Waals surface area contributed by atoms with Gasteiger partial charge in [-0.15, -0.1) is 12.4 Å². The molecule has 1 atom stereocenters. The third-order valence-corrected chi connectivity index (χ3v) is 2.99. The van der Waals surface area contributed by atoms with Crippen molar-refractivity contribution in [1.82, 2.24) is 0 Å². The zero-order valence-corrected chi connectivity index (χ0v) is 12.8. The second-order valence-electron chi connectivity index (χ2n) is 4.85. The van der Waals surface area contributed by atoms with Crippen molar-refractivity contribution in [1.29, 1.82) is 0 Å². The second-order valence-corrected chi connectivity index (χ2v) is 4.85. The van der Waals surface area contributed by atoms with Crippen LogP contribution >= 0.6 is 12.4 Å². The average molecular weight is 302 g/mol. The zero-order chi connectivity index (χ0) is 14.6. The quantitative estimate of drug-likeness (QED) is 0.681. The van der Waals surface area contributed by atoms with Crippen molar-refractivity contribution >= 4 is 24.3 Å². The Bertz CT molecular complexity index is 471. The van der Waals surface area contributed by atoms with E-state index in [4.69, 9.17) is 15.2 Å². The predicted molar refractivity (Wildman–Crippen MR) is 77.7 cm³/mol. The van der Waals surface area contributed by atoms with E-state index >= 15 is 0 Å². The van der Waals surface area contributed by atoms with E-state index in [0.29, 0.717) is 5.75 Å². The average Bonchev–Trinajstić information content (AvgIpc) is 2.37. The van der Waals surface area contributed by atoms with Crippen molar-refractivity contribution in [2.75, 3.05) is 7.11 Å². The molecule has 2 N–H and O–H groups in total. The fourth-order valence-electron chi connectivity index (χ4n) is 1.72. The maximum Gasteiger partial charge on any atom is 0.313 e. The number of esters is 2. The summed E-state index contributed by atoms with van der Waals surface area (Å²) in [5, 5.41) is 0. The van der Waals surface area contributed by atoms with Crippen LogP contribution < -0.4 is 10.5 Å². The van der Waals surface area contributed by atoms with Crippen LogP contribution in [0.3, 0.4) is 0 Å². The lowest BCUT2D eigenvalue weighted by Gasteiger charge is -2.28. The first-order chi connectivity index (χ1) is 8.78. The summed E-state index contributed by atoms with van der Waals surface area (Å²) in [4.78, 5) is 22.5. The molecule has 5 nitrogen and oxygen atoms in total. The topological polar surface area (TPSA) is 78.6 Å². The monoisotopic (exact) mass is 301 g/mol. The van der Waals surface area contributed by atoms with Gasteiger partial charge in [0, 0.05) is 13.0 Å². The number of rotatable bonds is 4. The molecule has 0 heterocycles. The lowest BCUT2D eigenvalue weighted by atomic mass is 9.81. The first-order valence-electron chi connectivity index (χ1n) is 5.91. The van der Waals surface area contributed by atoms with Gasteiger partial charge < -0.3 is 15.2 Å². The smallest absolute Gasteiger partial charge is 0.313 e. The number of ether oxygens (including phenoxy) is 2. The number of carbonyl (C=O) groups is 2. The van der Waals surface area contributed by atoms with Crippen LogP contribution in [0.2, 0.25) is 0 Å². The highest BCUT2D eigenvalue weighted by molar-refractivity contribution is 5.85. The lowest BCUT2D eigenvalue weighted by Crippen LogP contribution is -2.37. The predicted octanol–water partition coefficient (Wildman–Crippen LogP) is 2.23. The molecule has 6 heteroatoms. The van der Waals surface area contributed by atoms with Crippen molar-refractivity contribution < 1.29 is 19.1 Å². The van der Waals surface area contributed by atoms with Gasteiger partial charge in [-0.05, 0) is 31.5 Å². The summed E-state index contributed by atoms with van der Waals surface area (Å²) in [5.74, 6) is -0.310. The number of methoxy groups -OCH3 is 1. The van der Waals surface area contributed by atoms with Crippen molar-refractivity contribution in [2.45, 2.75) is 26.8 Å². The van der Waals surface area contributed by atoms with E-state index in [1.165, 1.54) is 14.0 Å². The lowest BCUT2D eigenvalue weighted by molar-refractivity contribution is -0.152. The van der Waals surface area contributed by atoms with Gasteiger partial charge in [0.25, 0.3) is 0 Å². The molecule has 0 aliphatic carbocycles. The largest absolute Gasteiger partial charge is 0.469 e. The summed E-state index contributed by atoms with van der Waals surface area (Å²) in [6.07, 6.45) is 0. The molecule has 1 aromatic rings. The molecule has 112 valence electrons. The minimum Gasteiger partial charge on any atom is -0.469 e. The van der Waals surface area contributed by atoms with Gasteiger partial charge in [-0.3, -0.25) is 9.59 Å². The van der Waals surface area contributed by atoms with Crippen LogP contribution in [-0.2, 0) is 14.3 Å². The normalized spacial score (nSPS) is 12.1. The standard InChI is InChI=1S/C14H19NO4.ClH/c1-9(16)19-11-7-5-10(6-8-11)12(15)14(2,3)13(17)18-4;/h5-8,12H,15H2,1-4H3;1H/t12-;/m0./s1. The first kappa shape index (κ1) is 18.4. The molecule has 1 rings (SSSR count). The van der Waals surface area contributed by atoms with Crippen LogP contribution in [0.4, 0.5) is 0 Å². The van der Waals surface area contributed by atoms with Gasteiger partial charge in [-0.2, -0.15) is 0 Å². The maximum atomic E-state index is 11.7. The highest BCUT2D eigenvalue weighted by atomic mass is 35.5. The molecular formula is C14H20ClNO4. The molecule has 1 aromatic carbocycles. The van der Waals surface area contributed by atoms with E-state index in [0.717, 1.165) is 5.56 Å². The van der Waals surface area contributed by atoms with E-state index in [2.05, 4.69) is 0 Å². The summed E-state index contributed by atoms with van der Waals surface area (Å²) in [6, 6.07) is 6.24. The Morgan fingerprint density at radius 1 is 1.20 bits per heavy atom. The number of hydrogen-bond donors (Lipinski definition) is 1. The Labute approximate surface area is 124 Å². The van der Waals surface area contributed by atoms with Crippen LogP contribution in [0, 0.1) is 5.41 Å². The number of halogens is 1. The Balaban J connectivity index is 0.00000361. The van der Waals surface area contributed by atoms with Crippen molar-refractivity contribution in [3.8, 4) is 5.75 Å². The highest BCUT2D eigenvalue weighted by Gasteiger charge is 2.36. The molecule has 0 aromatic heterocycles. The molecule has 0 bridgehead atoms. The third kappa shape index (κ3) is 4.21. The van der Waals surface area contributed by atoms with Crippen molar-refractivity contribution in [3.05, 3.63) is 29.8 Å². The van der Waals surface area contributed by atoms with Gasteiger partial charge in [-0.25, -0.2) is 0 Å². The summed E-state index contributed by atoms with van der Waals surface area (Å²) in [7, 11) is 1.33.